The molecule has 0 radical (unpaired) electrons. The number of piperidine rings is 1. The molecule has 0 saturated carbocycles. The Morgan fingerprint density at radius 3 is 2.73 bits per heavy atom. The molecule has 1 aliphatic rings. The molecule has 4 heteroatoms. The van der Waals surface area contributed by atoms with E-state index in [1.807, 2.05) is 4.90 Å². The topological polar surface area (TPSA) is 29.5 Å². The predicted octanol–water partition coefficient (Wildman–Crippen LogP) is 3.88. The summed E-state index contributed by atoms with van der Waals surface area (Å²) in [4.78, 5) is 14.0. The summed E-state index contributed by atoms with van der Waals surface area (Å²) in [5.41, 5.74) is 0. The van der Waals surface area contributed by atoms with Gasteiger partial charge in [0.25, 0.3) is 0 Å². The first-order valence-corrected chi connectivity index (χ1v) is 8.20. The van der Waals surface area contributed by atoms with Gasteiger partial charge in [-0.1, -0.05) is 19.9 Å². The van der Waals surface area contributed by atoms with Crippen molar-refractivity contribution in [2.45, 2.75) is 39.5 Å². The summed E-state index contributed by atoms with van der Waals surface area (Å²) >= 11 is 0. The predicted molar refractivity (Wildman–Crippen MR) is 85.3 cm³/mol. The second-order valence-corrected chi connectivity index (χ2v) is 6.52. The molecule has 1 aromatic carbocycles. The van der Waals surface area contributed by atoms with Gasteiger partial charge in [-0.3, -0.25) is 4.79 Å². The minimum atomic E-state index is -0.269. The molecular formula is C18H26FNO2. The van der Waals surface area contributed by atoms with E-state index in [2.05, 4.69) is 13.8 Å². The fourth-order valence-electron chi connectivity index (χ4n) is 2.85. The maximum absolute atomic E-state index is 13.0. The summed E-state index contributed by atoms with van der Waals surface area (Å²) in [5.74, 6) is 1.62. The van der Waals surface area contributed by atoms with Gasteiger partial charge in [-0.05, 0) is 43.2 Å². The first kappa shape index (κ1) is 16.8. The maximum atomic E-state index is 13.0. The number of amides is 1. The third kappa shape index (κ3) is 5.32. The van der Waals surface area contributed by atoms with Crippen LogP contribution in [-0.2, 0) is 4.79 Å². The molecule has 1 fully saturated rings. The number of rotatable bonds is 6. The Bertz CT molecular complexity index is 482. The van der Waals surface area contributed by atoms with Gasteiger partial charge in [0, 0.05) is 25.6 Å². The largest absolute Gasteiger partial charge is 0.493 e. The van der Waals surface area contributed by atoms with E-state index in [9.17, 15) is 9.18 Å². The van der Waals surface area contributed by atoms with Gasteiger partial charge in [-0.25, -0.2) is 4.39 Å². The first-order valence-electron chi connectivity index (χ1n) is 8.20. The molecule has 3 nitrogen and oxygen atoms in total. The van der Waals surface area contributed by atoms with Crippen LogP contribution in [0.2, 0.25) is 0 Å². The van der Waals surface area contributed by atoms with Crippen LogP contribution in [0, 0.1) is 17.7 Å². The standard InChI is InChI=1S/C18H26FNO2/c1-14(2)12-18(21)20-9-6-15(7-10-20)8-11-22-17-5-3-4-16(19)13-17/h3-5,13-15H,6-12H2,1-2H3. The average Bonchev–Trinajstić information content (AvgIpc) is 2.47. The minimum Gasteiger partial charge on any atom is -0.493 e. The average molecular weight is 307 g/mol. The fraction of sp³-hybridized carbons (Fsp3) is 0.611. The van der Waals surface area contributed by atoms with E-state index in [-0.39, 0.29) is 11.7 Å². The third-order valence-corrected chi connectivity index (χ3v) is 4.14. The molecule has 0 atom stereocenters. The number of carbonyl (C=O) groups is 1. The number of likely N-dealkylation sites (tertiary alicyclic amines) is 1. The highest BCUT2D eigenvalue weighted by Gasteiger charge is 2.22. The Kier molecular flexibility index (Phi) is 6.22. The smallest absolute Gasteiger partial charge is 0.222 e. The van der Waals surface area contributed by atoms with Gasteiger partial charge in [0.15, 0.2) is 0 Å². The fourth-order valence-corrected chi connectivity index (χ4v) is 2.85. The third-order valence-electron chi connectivity index (χ3n) is 4.14. The molecule has 1 heterocycles. The van der Waals surface area contributed by atoms with E-state index in [4.69, 9.17) is 4.74 Å². The molecule has 1 aliphatic heterocycles. The van der Waals surface area contributed by atoms with E-state index in [1.54, 1.807) is 12.1 Å². The molecule has 0 spiro atoms. The zero-order chi connectivity index (χ0) is 15.9. The summed E-state index contributed by atoms with van der Waals surface area (Å²) in [6, 6.07) is 6.25. The zero-order valence-electron chi connectivity index (χ0n) is 13.6. The zero-order valence-corrected chi connectivity index (χ0v) is 13.6. The number of hydrogen-bond acceptors (Lipinski definition) is 2. The lowest BCUT2D eigenvalue weighted by atomic mass is 9.93. The van der Waals surface area contributed by atoms with Crippen LogP contribution in [0.1, 0.15) is 39.5 Å². The van der Waals surface area contributed by atoms with Crippen molar-refractivity contribution in [2.24, 2.45) is 11.8 Å². The van der Waals surface area contributed by atoms with Gasteiger partial charge in [-0.2, -0.15) is 0 Å². The lowest BCUT2D eigenvalue weighted by Gasteiger charge is -2.32. The molecule has 22 heavy (non-hydrogen) atoms. The van der Waals surface area contributed by atoms with E-state index >= 15 is 0 Å². The summed E-state index contributed by atoms with van der Waals surface area (Å²) in [7, 11) is 0. The number of nitrogens with zero attached hydrogens (tertiary/aromatic N) is 1. The van der Waals surface area contributed by atoms with Crippen molar-refractivity contribution in [3.05, 3.63) is 30.1 Å². The second kappa shape index (κ2) is 8.16. The number of ether oxygens (including phenoxy) is 1. The molecule has 122 valence electrons. The van der Waals surface area contributed by atoms with Gasteiger partial charge in [0.1, 0.15) is 11.6 Å². The Labute approximate surface area is 132 Å². The van der Waals surface area contributed by atoms with E-state index in [0.29, 0.717) is 30.6 Å². The van der Waals surface area contributed by atoms with E-state index < -0.39 is 0 Å². The Morgan fingerprint density at radius 2 is 2.09 bits per heavy atom. The van der Waals surface area contributed by atoms with Crippen LogP contribution in [0.15, 0.2) is 24.3 Å². The van der Waals surface area contributed by atoms with E-state index in [1.165, 1.54) is 12.1 Å². The van der Waals surface area contributed by atoms with Crippen molar-refractivity contribution < 1.29 is 13.9 Å². The molecule has 1 amide bonds. The highest BCUT2D eigenvalue weighted by Crippen LogP contribution is 2.22. The Morgan fingerprint density at radius 1 is 1.36 bits per heavy atom. The van der Waals surface area contributed by atoms with Crippen molar-refractivity contribution in [1.82, 2.24) is 4.90 Å². The Hall–Kier alpha value is -1.58. The molecule has 2 rings (SSSR count). The molecule has 0 bridgehead atoms. The van der Waals surface area contributed by atoms with Crippen LogP contribution in [-0.4, -0.2) is 30.5 Å². The molecule has 1 aromatic rings. The van der Waals surface area contributed by atoms with Crippen molar-refractivity contribution in [3.63, 3.8) is 0 Å². The van der Waals surface area contributed by atoms with Gasteiger partial charge in [0.05, 0.1) is 6.61 Å². The molecular weight excluding hydrogens is 281 g/mol. The minimum absolute atomic E-state index is 0.269. The van der Waals surface area contributed by atoms with Crippen LogP contribution in [0.25, 0.3) is 0 Å². The van der Waals surface area contributed by atoms with Crippen molar-refractivity contribution >= 4 is 5.91 Å². The lowest BCUT2D eigenvalue weighted by molar-refractivity contribution is -0.133. The quantitative estimate of drug-likeness (QED) is 0.798. The van der Waals surface area contributed by atoms with E-state index in [0.717, 1.165) is 32.4 Å². The second-order valence-electron chi connectivity index (χ2n) is 6.52. The van der Waals surface area contributed by atoms with Crippen LogP contribution in [0.5, 0.6) is 5.75 Å². The monoisotopic (exact) mass is 307 g/mol. The highest BCUT2D eigenvalue weighted by atomic mass is 19.1. The van der Waals surface area contributed by atoms with Gasteiger partial charge in [0.2, 0.25) is 5.91 Å². The van der Waals surface area contributed by atoms with Gasteiger partial charge in [-0.15, -0.1) is 0 Å². The van der Waals surface area contributed by atoms with Gasteiger partial charge < -0.3 is 9.64 Å². The van der Waals surface area contributed by atoms with Crippen molar-refractivity contribution in [3.8, 4) is 5.75 Å². The number of carbonyl (C=O) groups excluding carboxylic acids is 1. The molecule has 0 aliphatic carbocycles. The molecule has 0 aromatic heterocycles. The van der Waals surface area contributed by atoms with Crippen molar-refractivity contribution in [1.29, 1.82) is 0 Å². The number of hydrogen-bond donors (Lipinski definition) is 0. The van der Waals surface area contributed by atoms with Crippen LogP contribution in [0.4, 0.5) is 4.39 Å². The molecule has 0 unspecified atom stereocenters. The maximum Gasteiger partial charge on any atom is 0.222 e. The normalized spacial score (nSPS) is 16.1. The summed E-state index contributed by atoms with van der Waals surface area (Å²) in [6.45, 7) is 6.48. The SMILES string of the molecule is CC(C)CC(=O)N1CCC(CCOc2cccc(F)c2)CC1. The van der Waals surface area contributed by atoms with Crippen LogP contribution < -0.4 is 4.74 Å². The van der Waals surface area contributed by atoms with Crippen LogP contribution >= 0.6 is 0 Å². The molecule has 1 saturated heterocycles. The van der Waals surface area contributed by atoms with Crippen LogP contribution in [0.3, 0.4) is 0 Å². The highest BCUT2D eigenvalue weighted by molar-refractivity contribution is 5.76. The van der Waals surface area contributed by atoms with Crippen molar-refractivity contribution in [2.75, 3.05) is 19.7 Å². The number of benzene rings is 1. The summed E-state index contributed by atoms with van der Waals surface area (Å²) < 4.78 is 18.6. The summed E-state index contributed by atoms with van der Waals surface area (Å²) in [5, 5.41) is 0. The number of halogens is 1. The summed E-state index contributed by atoms with van der Waals surface area (Å²) in [6.07, 6.45) is 3.68. The lowest BCUT2D eigenvalue weighted by Crippen LogP contribution is -2.39. The molecule has 0 N–H and O–H groups in total. The Balaban J connectivity index is 1.66. The first-order chi connectivity index (χ1) is 10.5. The van der Waals surface area contributed by atoms with Gasteiger partial charge >= 0.3 is 0 Å².